The van der Waals surface area contributed by atoms with E-state index in [1.165, 1.54) is 12.1 Å². The molecular formula is C9H15N5O3S. The number of anilines is 2. The molecule has 0 saturated carbocycles. The molecule has 1 aromatic heterocycles. The van der Waals surface area contributed by atoms with Gasteiger partial charge in [0.2, 0.25) is 0 Å². The zero-order valence-corrected chi connectivity index (χ0v) is 10.9. The van der Waals surface area contributed by atoms with Gasteiger partial charge in [0, 0.05) is 28.9 Å². The summed E-state index contributed by atoms with van der Waals surface area (Å²) in [6.45, 7) is 2.21. The van der Waals surface area contributed by atoms with Crippen LogP contribution in [0.15, 0.2) is 12.1 Å². The van der Waals surface area contributed by atoms with E-state index in [9.17, 15) is 14.3 Å². The highest BCUT2D eigenvalue weighted by Gasteiger charge is 2.12. The Morgan fingerprint density at radius 2 is 2.17 bits per heavy atom. The molecular weight excluding hydrogens is 258 g/mol. The van der Waals surface area contributed by atoms with Crippen LogP contribution >= 0.6 is 0 Å². The molecule has 0 fully saturated rings. The summed E-state index contributed by atoms with van der Waals surface area (Å²) in [5, 5.41) is 13.5. The van der Waals surface area contributed by atoms with Gasteiger partial charge in [0.1, 0.15) is 11.6 Å². The Labute approximate surface area is 107 Å². The fraction of sp³-hybridized carbons (Fsp3) is 0.444. The number of hydrogen-bond acceptors (Lipinski definition) is 7. The maximum absolute atomic E-state index is 11.2. The van der Waals surface area contributed by atoms with Gasteiger partial charge >= 0.3 is 0 Å². The zero-order chi connectivity index (χ0) is 13.7. The van der Waals surface area contributed by atoms with Crippen LogP contribution in [0.1, 0.15) is 6.92 Å². The first-order valence-electron chi connectivity index (χ1n) is 5.13. The first kappa shape index (κ1) is 14.3. The monoisotopic (exact) mass is 273 g/mol. The number of hydrogen-bond donors (Lipinski definition) is 3. The number of rotatable bonds is 6. The van der Waals surface area contributed by atoms with Crippen molar-refractivity contribution >= 4 is 28.1 Å². The zero-order valence-electron chi connectivity index (χ0n) is 10.0. The lowest BCUT2D eigenvalue weighted by molar-refractivity contribution is -0.384. The topological polar surface area (TPSA) is 123 Å². The summed E-state index contributed by atoms with van der Waals surface area (Å²) < 4.78 is 11.2. The molecule has 18 heavy (non-hydrogen) atoms. The second-order valence-corrected chi connectivity index (χ2v) is 5.49. The largest absolute Gasteiger partial charge is 0.369 e. The minimum absolute atomic E-state index is 0.0830. The average Bonchev–Trinajstić information content (AvgIpc) is 2.35. The number of hydrazine groups is 1. The minimum Gasteiger partial charge on any atom is -0.369 e. The van der Waals surface area contributed by atoms with E-state index in [2.05, 4.69) is 15.7 Å². The van der Waals surface area contributed by atoms with Gasteiger partial charge in [0.05, 0.1) is 17.1 Å². The third-order valence-corrected chi connectivity index (χ3v) is 3.61. The van der Waals surface area contributed by atoms with Gasteiger partial charge in [-0.05, 0) is 6.92 Å². The van der Waals surface area contributed by atoms with E-state index >= 15 is 0 Å². The van der Waals surface area contributed by atoms with Crippen molar-refractivity contribution in [2.75, 3.05) is 23.5 Å². The summed E-state index contributed by atoms with van der Waals surface area (Å²) in [6, 6.07) is 2.53. The molecule has 8 nitrogen and oxygen atoms in total. The minimum atomic E-state index is -0.970. The average molecular weight is 273 g/mol. The molecule has 2 atom stereocenters. The fourth-order valence-electron chi connectivity index (χ4n) is 1.15. The highest BCUT2D eigenvalue weighted by molar-refractivity contribution is 7.84. The Kier molecular flexibility index (Phi) is 4.98. The van der Waals surface area contributed by atoms with Crippen LogP contribution in [0.2, 0.25) is 0 Å². The molecule has 2 unspecified atom stereocenters. The third kappa shape index (κ3) is 3.93. The summed E-state index contributed by atoms with van der Waals surface area (Å²) in [5.74, 6) is 5.69. The lowest BCUT2D eigenvalue weighted by atomic mass is 10.3. The van der Waals surface area contributed by atoms with Crippen LogP contribution in [-0.4, -0.2) is 32.2 Å². The molecule has 1 aromatic rings. The number of aromatic nitrogens is 1. The number of nitrogen functional groups attached to an aromatic ring is 1. The van der Waals surface area contributed by atoms with E-state index < -0.39 is 15.7 Å². The van der Waals surface area contributed by atoms with Crippen molar-refractivity contribution in [1.82, 2.24) is 4.98 Å². The lowest BCUT2D eigenvalue weighted by Gasteiger charge is -2.11. The highest BCUT2D eigenvalue weighted by atomic mass is 32.2. The van der Waals surface area contributed by atoms with Gasteiger partial charge in [0.15, 0.2) is 0 Å². The molecule has 0 saturated heterocycles. The van der Waals surface area contributed by atoms with Crippen LogP contribution in [0.4, 0.5) is 17.3 Å². The van der Waals surface area contributed by atoms with Crippen LogP contribution < -0.4 is 16.6 Å². The molecule has 0 bridgehead atoms. The van der Waals surface area contributed by atoms with E-state index in [1.54, 1.807) is 6.26 Å². The molecule has 0 amide bonds. The summed E-state index contributed by atoms with van der Waals surface area (Å²) >= 11 is 0. The van der Waals surface area contributed by atoms with Gasteiger partial charge in [-0.3, -0.25) is 14.3 Å². The van der Waals surface area contributed by atoms with Crippen molar-refractivity contribution < 1.29 is 9.13 Å². The van der Waals surface area contributed by atoms with Crippen molar-refractivity contribution in [3.63, 3.8) is 0 Å². The van der Waals surface area contributed by atoms with E-state index in [-0.39, 0.29) is 16.8 Å². The van der Waals surface area contributed by atoms with Crippen LogP contribution in [0, 0.1) is 10.1 Å². The van der Waals surface area contributed by atoms with Gasteiger partial charge in [-0.15, -0.1) is 0 Å². The number of nitrogens with two attached hydrogens (primary N) is 1. The fourth-order valence-corrected chi connectivity index (χ4v) is 1.47. The molecule has 1 heterocycles. The quantitative estimate of drug-likeness (QED) is 0.390. The number of nitrogens with zero attached hydrogens (tertiary/aromatic N) is 2. The molecule has 1 rings (SSSR count). The molecule has 0 aromatic carbocycles. The van der Waals surface area contributed by atoms with Crippen LogP contribution in [0.3, 0.4) is 0 Å². The second-order valence-electron chi connectivity index (χ2n) is 3.69. The van der Waals surface area contributed by atoms with Crippen LogP contribution in [0.25, 0.3) is 0 Å². The molecule has 9 heteroatoms. The van der Waals surface area contributed by atoms with Crippen molar-refractivity contribution in [3.05, 3.63) is 22.2 Å². The highest BCUT2D eigenvalue weighted by Crippen LogP contribution is 2.19. The lowest BCUT2D eigenvalue weighted by Crippen LogP contribution is -2.21. The Morgan fingerprint density at radius 3 is 2.67 bits per heavy atom. The Bertz CT molecular complexity index is 468. The first-order valence-corrected chi connectivity index (χ1v) is 6.75. The van der Waals surface area contributed by atoms with Crippen LogP contribution in [0.5, 0.6) is 0 Å². The number of pyridine rings is 1. The summed E-state index contributed by atoms with van der Waals surface area (Å²) in [4.78, 5) is 14.2. The van der Waals surface area contributed by atoms with Crippen LogP contribution in [-0.2, 0) is 10.8 Å². The van der Waals surface area contributed by atoms with Gasteiger partial charge < -0.3 is 10.7 Å². The van der Waals surface area contributed by atoms with E-state index in [0.29, 0.717) is 12.4 Å². The van der Waals surface area contributed by atoms with E-state index in [0.717, 1.165) is 0 Å². The molecule has 4 N–H and O–H groups in total. The maximum Gasteiger partial charge on any atom is 0.276 e. The number of nitro groups is 1. The van der Waals surface area contributed by atoms with Crippen molar-refractivity contribution in [2.45, 2.75) is 12.2 Å². The molecule has 0 aliphatic carbocycles. The summed E-state index contributed by atoms with van der Waals surface area (Å²) in [5.41, 5.74) is 2.14. The molecule has 0 spiro atoms. The normalized spacial score (nSPS) is 13.7. The van der Waals surface area contributed by atoms with Gasteiger partial charge in [-0.25, -0.2) is 10.8 Å². The standard InChI is InChI=1S/C9H15N5O3S/c1-6(18(2)17)5-11-8-3-7(14(15)16)4-9(12-8)13-10/h3-4,6H,5,10H2,1-2H3,(H2,11,12,13). The predicted octanol–water partition coefficient (Wildman–Crippen LogP) is 0.454. The summed E-state index contributed by atoms with van der Waals surface area (Å²) in [7, 11) is -0.970. The summed E-state index contributed by atoms with van der Waals surface area (Å²) in [6.07, 6.45) is 1.60. The van der Waals surface area contributed by atoms with Crippen molar-refractivity contribution in [1.29, 1.82) is 0 Å². The van der Waals surface area contributed by atoms with Gasteiger partial charge in [0.25, 0.3) is 5.69 Å². The van der Waals surface area contributed by atoms with E-state index in [1.807, 2.05) is 6.92 Å². The number of nitrogens with one attached hydrogen (secondary N) is 2. The van der Waals surface area contributed by atoms with E-state index in [4.69, 9.17) is 5.84 Å². The Morgan fingerprint density at radius 1 is 1.56 bits per heavy atom. The maximum atomic E-state index is 11.2. The molecule has 0 radical (unpaired) electrons. The SMILES string of the molecule is CC(CNc1cc([N+](=O)[O-])cc(NN)n1)S(C)=O. The second kappa shape index (κ2) is 6.26. The first-order chi connectivity index (χ1) is 8.43. The van der Waals surface area contributed by atoms with Crippen molar-refractivity contribution in [3.8, 4) is 0 Å². The smallest absolute Gasteiger partial charge is 0.276 e. The Balaban J connectivity index is 2.85. The Hall–Kier alpha value is -1.74. The predicted molar refractivity (Wildman–Crippen MR) is 70.7 cm³/mol. The van der Waals surface area contributed by atoms with Crippen molar-refractivity contribution in [2.24, 2.45) is 5.84 Å². The molecule has 100 valence electrons. The van der Waals surface area contributed by atoms with Gasteiger partial charge in [-0.2, -0.15) is 0 Å². The third-order valence-electron chi connectivity index (χ3n) is 2.31. The molecule has 0 aliphatic rings. The van der Waals surface area contributed by atoms with Gasteiger partial charge in [-0.1, -0.05) is 0 Å². The molecule has 0 aliphatic heterocycles.